The molecule has 2 rings (SSSR count). The smallest absolute Gasteiger partial charge is 0.342 e. The number of nitro groups is 1. The minimum atomic E-state index is -1.34. The van der Waals surface area contributed by atoms with Crippen LogP contribution in [0.1, 0.15) is 15.9 Å². The molecule has 0 saturated carbocycles. The predicted octanol–water partition coefficient (Wildman–Crippen LogP) is 4.11. The van der Waals surface area contributed by atoms with E-state index in [1.165, 1.54) is 18.2 Å². The maximum Gasteiger partial charge on any atom is 0.342 e. The van der Waals surface area contributed by atoms with Crippen molar-refractivity contribution in [1.82, 2.24) is 0 Å². The summed E-state index contributed by atoms with van der Waals surface area (Å²) in [5.41, 5.74) is 1.45. The number of aromatic carboxylic acids is 1. The van der Waals surface area contributed by atoms with Gasteiger partial charge in [-0.05, 0) is 42.8 Å². The number of carbonyl (C=O) groups is 1. The molecule has 0 bridgehead atoms. The molecule has 7 heteroatoms. The first-order valence-electron chi connectivity index (χ1n) is 5.93. The number of hydrogen-bond acceptors (Lipinski definition) is 4. The Hall–Kier alpha value is -2.41. The number of benzene rings is 2. The largest absolute Gasteiger partial charge is 0.477 e. The van der Waals surface area contributed by atoms with Crippen molar-refractivity contribution in [2.45, 2.75) is 6.92 Å². The number of hydrogen-bond donors (Lipinski definition) is 2. The lowest BCUT2D eigenvalue weighted by Gasteiger charge is -2.10. The summed E-state index contributed by atoms with van der Waals surface area (Å²) in [7, 11) is 0. The molecule has 0 aliphatic rings. The lowest BCUT2D eigenvalue weighted by Crippen LogP contribution is -2.04. The van der Waals surface area contributed by atoms with Gasteiger partial charge in [-0.25, -0.2) is 4.79 Å². The number of carboxylic acids is 1. The maximum absolute atomic E-state index is 11.1. The summed E-state index contributed by atoms with van der Waals surface area (Å²) in [5.74, 6) is -1.34. The monoisotopic (exact) mass is 350 g/mol. The van der Waals surface area contributed by atoms with Gasteiger partial charge in [-0.1, -0.05) is 15.9 Å². The first kappa shape index (κ1) is 15.0. The molecule has 0 aliphatic carbocycles. The van der Waals surface area contributed by atoms with Gasteiger partial charge in [-0.15, -0.1) is 0 Å². The van der Waals surface area contributed by atoms with Gasteiger partial charge in [-0.3, -0.25) is 10.1 Å². The van der Waals surface area contributed by atoms with Gasteiger partial charge >= 0.3 is 5.97 Å². The molecule has 0 heterocycles. The molecule has 0 atom stereocenters. The summed E-state index contributed by atoms with van der Waals surface area (Å²) in [4.78, 5) is 21.2. The summed E-state index contributed by atoms with van der Waals surface area (Å²) in [5, 5.41) is 22.9. The quantitative estimate of drug-likeness (QED) is 0.639. The van der Waals surface area contributed by atoms with E-state index in [1.54, 1.807) is 0 Å². The molecule has 0 aromatic heterocycles. The molecule has 6 nitrogen and oxygen atoms in total. The molecule has 2 aromatic carbocycles. The lowest BCUT2D eigenvalue weighted by atomic mass is 10.1. The van der Waals surface area contributed by atoms with Crippen molar-refractivity contribution < 1.29 is 14.8 Å². The Balaban J connectivity index is 2.39. The van der Waals surface area contributed by atoms with Crippen LogP contribution in [-0.2, 0) is 0 Å². The summed E-state index contributed by atoms with van der Waals surface area (Å²) >= 11 is 3.36. The van der Waals surface area contributed by atoms with Gasteiger partial charge in [0.1, 0.15) is 5.56 Å². The fraction of sp³-hybridized carbons (Fsp3) is 0.0714. The third kappa shape index (κ3) is 3.38. The average molecular weight is 351 g/mol. The number of anilines is 2. The van der Waals surface area contributed by atoms with E-state index in [0.717, 1.165) is 15.7 Å². The number of nitro benzene ring substituents is 1. The van der Waals surface area contributed by atoms with E-state index in [2.05, 4.69) is 21.2 Å². The highest BCUT2D eigenvalue weighted by Crippen LogP contribution is 2.27. The van der Waals surface area contributed by atoms with Gasteiger partial charge in [0.05, 0.1) is 4.92 Å². The molecular weight excluding hydrogens is 340 g/mol. The first-order chi connectivity index (χ1) is 9.88. The van der Waals surface area contributed by atoms with Crippen molar-refractivity contribution in [3.8, 4) is 0 Å². The molecule has 21 heavy (non-hydrogen) atoms. The van der Waals surface area contributed by atoms with Crippen molar-refractivity contribution in [3.63, 3.8) is 0 Å². The SMILES string of the molecule is Cc1cc(Br)ccc1Nc1ccc([N+](=O)[O-])c(C(=O)O)c1. The molecule has 0 radical (unpaired) electrons. The lowest BCUT2D eigenvalue weighted by molar-refractivity contribution is -0.385. The first-order valence-corrected chi connectivity index (χ1v) is 6.72. The van der Waals surface area contributed by atoms with Gasteiger partial charge in [0.25, 0.3) is 5.69 Å². The highest BCUT2D eigenvalue weighted by molar-refractivity contribution is 9.10. The Morgan fingerprint density at radius 3 is 2.57 bits per heavy atom. The zero-order chi connectivity index (χ0) is 15.6. The Bertz CT molecular complexity index is 731. The van der Waals surface area contributed by atoms with Gasteiger partial charge in [0.2, 0.25) is 0 Å². The van der Waals surface area contributed by atoms with Gasteiger partial charge < -0.3 is 10.4 Å². The highest BCUT2D eigenvalue weighted by Gasteiger charge is 2.20. The highest BCUT2D eigenvalue weighted by atomic mass is 79.9. The summed E-state index contributed by atoms with van der Waals surface area (Å²) in [6.07, 6.45) is 0. The summed E-state index contributed by atoms with van der Waals surface area (Å²) in [6.45, 7) is 1.90. The van der Waals surface area contributed by atoms with Crippen LogP contribution in [0.4, 0.5) is 17.1 Å². The van der Waals surface area contributed by atoms with Crippen LogP contribution < -0.4 is 5.32 Å². The zero-order valence-electron chi connectivity index (χ0n) is 11.0. The van der Waals surface area contributed by atoms with Crippen LogP contribution in [0, 0.1) is 17.0 Å². The zero-order valence-corrected chi connectivity index (χ0v) is 12.5. The van der Waals surface area contributed by atoms with E-state index < -0.39 is 16.6 Å². The minimum absolute atomic E-state index is 0.347. The van der Waals surface area contributed by atoms with Gasteiger partial charge in [-0.2, -0.15) is 0 Å². The topological polar surface area (TPSA) is 92.5 Å². The van der Waals surface area contributed by atoms with E-state index in [9.17, 15) is 14.9 Å². The standard InChI is InChI=1S/C14H11BrN2O4/c1-8-6-9(15)2-4-12(8)16-10-3-5-13(17(20)21)11(7-10)14(18)19/h2-7,16H,1H3,(H,18,19). The van der Waals surface area contributed by atoms with E-state index >= 15 is 0 Å². The molecule has 0 fully saturated rings. The number of carboxylic acid groups (broad SMARTS) is 1. The molecular formula is C14H11BrN2O4. The van der Waals surface area contributed by atoms with E-state index in [-0.39, 0.29) is 5.56 Å². The van der Waals surface area contributed by atoms with Gasteiger partial charge in [0.15, 0.2) is 0 Å². The summed E-state index contributed by atoms with van der Waals surface area (Å²) in [6, 6.07) is 9.50. The molecule has 0 amide bonds. The van der Waals surface area contributed by atoms with Gasteiger partial charge in [0, 0.05) is 21.9 Å². The molecule has 108 valence electrons. The van der Waals surface area contributed by atoms with Crippen LogP contribution in [0.15, 0.2) is 40.9 Å². The molecule has 2 N–H and O–H groups in total. The van der Waals surface area contributed by atoms with Crippen LogP contribution in [0.3, 0.4) is 0 Å². The van der Waals surface area contributed by atoms with Crippen molar-refractivity contribution in [2.24, 2.45) is 0 Å². The second-order valence-electron chi connectivity index (χ2n) is 4.38. The molecule has 0 saturated heterocycles. The molecule has 0 aliphatic heterocycles. The second kappa shape index (κ2) is 5.92. The van der Waals surface area contributed by atoms with Crippen molar-refractivity contribution in [3.05, 3.63) is 62.1 Å². The van der Waals surface area contributed by atoms with Crippen LogP contribution in [0.5, 0.6) is 0 Å². The van der Waals surface area contributed by atoms with E-state index in [1.807, 2.05) is 25.1 Å². The van der Waals surface area contributed by atoms with E-state index in [4.69, 9.17) is 5.11 Å². The van der Waals surface area contributed by atoms with Crippen LogP contribution in [0.2, 0.25) is 0 Å². The van der Waals surface area contributed by atoms with Crippen molar-refractivity contribution in [1.29, 1.82) is 0 Å². The number of halogens is 1. The van der Waals surface area contributed by atoms with Crippen LogP contribution >= 0.6 is 15.9 Å². The normalized spacial score (nSPS) is 10.2. The average Bonchev–Trinajstić information content (AvgIpc) is 2.41. The molecule has 0 spiro atoms. The minimum Gasteiger partial charge on any atom is -0.477 e. The fourth-order valence-corrected chi connectivity index (χ4v) is 2.34. The summed E-state index contributed by atoms with van der Waals surface area (Å²) < 4.78 is 0.931. The van der Waals surface area contributed by atoms with Crippen LogP contribution in [0.25, 0.3) is 0 Å². The second-order valence-corrected chi connectivity index (χ2v) is 5.29. The van der Waals surface area contributed by atoms with Crippen molar-refractivity contribution in [2.75, 3.05) is 5.32 Å². The fourth-order valence-electron chi connectivity index (χ4n) is 1.87. The number of nitrogens with zero attached hydrogens (tertiary/aromatic N) is 1. The van der Waals surface area contributed by atoms with Crippen molar-refractivity contribution >= 4 is 39.0 Å². The number of rotatable bonds is 4. The third-order valence-electron chi connectivity index (χ3n) is 2.89. The Kier molecular flexibility index (Phi) is 4.23. The number of aryl methyl sites for hydroxylation is 1. The maximum atomic E-state index is 11.1. The Morgan fingerprint density at radius 1 is 1.29 bits per heavy atom. The predicted molar refractivity (Wildman–Crippen MR) is 82.2 cm³/mol. The molecule has 2 aromatic rings. The molecule has 0 unspecified atom stereocenters. The van der Waals surface area contributed by atoms with E-state index in [0.29, 0.717) is 5.69 Å². The Morgan fingerprint density at radius 2 is 2.00 bits per heavy atom. The Labute approximate surface area is 128 Å². The third-order valence-corrected chi connectivity index (χ3v) is 3.38. The van der Waals surface area contributed by atoms with Crippen LogP contribution in [-0.4, -0.2) is 16.0 Å². The number of nitrogens with one attached hydrogen (secondary N) is 1.